The van der Waals surface area contributed by atoms with Crippen molar-refractivity contribution in [2.24, 2.45) is 5.92 Å². The van der Waals surface area contributed by atoms with Gasteiger partial charge in [-0.05, 0) is 49.5 Å². The number of hydrogen-bond donors (Lipinski definition) is 2. The maximum atomic E-state index is 5.14. The van der Waals surface area contributed by atoms with Crippen LogP contribution in [-0.4, -0.2) is 24.6 Å². The second-order valence-electron chi connectivity index (χ2n) is 5.72. The van der Waals surface area contributed by atoms with Crippen LogP contribution in [0.3, 0.4) is 0 Å². The zero-order valence-corrected chi connectivity index (χ0v) is 11.4. The Bertz CT molecular complexity index is 588. The van der Waals surface area contributed by atoms with Gasteiger partial charge in [-0.1, -0.05) is 6.07 Å². The summed E-state index contributed by atoms with van der Waals surface area (Å²) in [4.78, 5) is 4.75. The fourth-order valence-electron chi connectivity index (χ4n) is 3.47. The number of nitrogens with zero attached hydrogens (tertiary/aromatic N) is 1. The van der Waals surface area contributed by atoms with Gasteiger partial charge in [-0.2, -0.15) is 0 Å². The van der Waals surface area contributed by atoms with Gasteiger partial charge in [0.15, 0.2) is 0 Å². The van der Waals surface area contributed by atoms with Gasteiger partial charge in [0.25, 0.3) is 0 Å². The van der Waals surface area contributed by atoms with Gasteiger partial charge in [0.2, 0.25) is 0 Å². The van der Waals surface area contributed by atoms with Crippen molar-refractivity contribution in [2.75, 3.05) is 25.0 Å². The molecule has 2 N–H and O–H groups in total. The van der Waals surface area contributed by atoms with Crippen LogP contribution >= 0.6 is 0 Å². The Labute approximate surface area is 118 Å². The molecular formula is C16H19N3O. The Balaban J connectivity index is 1.62. The van der Waals surface area contributed by atoms with Crippen molar-refractivity contribution in [1.29, 1.82) is 0 Å². The van der Waals surface area contributed by atoms with Crippen LogP contribution in [0.1, 0.15) is 24.3 Å². The molecule has 0 aromatic carbocycles. The third-order valence-corrected chi connectivity index (χ3v) is 4.59. The largest absolute Gasteiger partial charge is 0.472 e. The predicted molar refractivity (Wildman–Crippen MR) is 78.8 cm³/mol. The van der Waals surface area contributed by atoms with Crippen molar-refractivity contribution >= 4 is 5.82 Å². The predicted octanol–water partition coefficient (Wildman–Crippen LogP) is 2.85. The Morgan fingerprint density at radius 3 is 2.85 bits per heavy atom. The summed E-state index contributed by atoms with van der Waals surface area (Å²) < 4.78 is 5.14. The molecule has 20 heavy (non-hydrogen) atoms. The molecule has 1 fully saturated rings. The Kier molecular flexibility index (Phi) is 2.96. The molecule has 1 unspecified atom stereocenters. The number of piperidine rings is 1. The molecule has 1 atom stereocenters. The lowest BCUT2D eigenvalue weighted by Gasteiger charge is -2.27. The summed E-state index contributed by atoms with van der Waals surface area (Å²) >= 11 is 0. The molecule has 0 spiro atoms. The van der Waals surface area contributed by atoms with Gasteiger partial charge in [-0.3, -0.25) is 0 Å². The molecule has 4 heterocycles. The first-order valence-corrected chi connectivity index (χ1v) is 7.40. The van der Waals surface area contributed by atoms with E-state index in [2.05, 4.69) is 22.8 Å². The quantitative estimate of drug-likeness (QED) is 0.880. The van der Waals surface area contributed by atoms with Crippen molar-refractivity contribution in [2.45, 2.75) is 18.8 Å². The van der Waals surface area contributed by atoms with Gasteiger partial charge < -0.3 is 15.1 Å². The number of anilines is 1. The monoisotopic (exact) mass is 269 g/mol. The molecule has 104 valence electrons. The highest BCUT2D eigenvalue weighted by Crippen LogP contribution is 2.39. The van der Waals surface area contributed by atoms with E-state index in [1.165, 1.54) is 18.4 Å². The second kappa shape index (κ2) is 4.94. The van der Waals surface area contributed by atoms with E-state index in [-0.39, 0.29) is 0 Å². The molecule has 0 amide bonds. The first-order valence-electron chi connectivity index (χ1n) is 7.40. The normalized spacial score (nSPS) is 22.5. The van der Waals surface area contributed by atoms with Crippen LogP contribution in [0.15, 0.2) is 35.1 Å². The van der Waals surface area contributed by atoms with Gasteiger partial charge >= 0.3 is 0 Å². The Morgan fingerprint density at radius 1 is 1.15 bits per heavy atom. The van der Waals surface area contributed by atoms with Crippen molar-refractivity contribution in [3.63, 3.8) is 0 Å². The highest BCUT2D eigenvalue weighted by molar-refractivity contribution is 5.64. The van der Waals surface area contributed by atoms with Gasteiger partial charge in [0.1, 0.15) is 5.82 Å². The first kappa shape index (κ1) is 12.0. The zero-order chi connectivity index (χ0) is 13.4. The van der Waals surface area contributed by atoms with E-state index >= 15 is 0 Å². The van der Waals surface area contributed by atoms with E-state index < -0.39 is 0 Å². The average molecular weight is 269 g/mol. The molecule has 4 heteroatoms. The number of hydrogen-bond acceptors (Lipinski definition) is 4. The van der Waals surface area contributed by atoms with E-state index in [1.54, 1.807) is 12.5 Å². The minimum atomic E-state index is 0.623. The van der Waals surface area contributed by atoms with Crippen molar-refractivity contribution in [1.82, 2.24) is 10.3 Å². The molecule has 1 saturated heterocycles. The third kappa shape index (κ3) is 2.00. The van der Waals surface area contributed by atoms with Crippen molar-refractivity contribution < 1.29 is 4.42 Å². The smallest absolute Gasteiger partial charge is 0.130 e. The maximum absolute atomic E-state index is 5.14. The van der Waals surface area contributed by atoms with Crippen LogP contribution in [0.4, 0.5) is 5.82 Å². The summed E-state index contributed by atoms with van der Waals surface area (Å²) in [5.41, 5.74) is 3.42. The molecule has 0 radical (unpaired) electrons. The van der Waals surface area contributed by atoms with Crippen LogP contribution in [0.2, 0.25) is 0 Å². The maximum Gasteiger partial charge on any atom is 0.130 e. The lowest BCUT2D eigenvalue weighted by atomic mass is 9.82. The summed E-state index contributed by atoms with van der Waals surface area (Å²) in [5.74, 6) is 2.47. The lowest BCUT2D eigenvalue weighted by Crippen LogP contribution is -2.31. The number of aromatic nitrogens is 1. The van der Waals surface area contributed by atoms with E-state index in [0.717, 1.165) is 42.6 Å². The second-order valence-corrected chi connectivity index (χ2v) is 5.72. The van der Waals surface area contributed by atoms with Crippen LogP contribution in [0.5, 0.6) is 0 Å². The average Bonchev–Trinajstić information content (AvgIpc) is 3.17. The van der Waals surface area contributed by atoms with Crippen molar-refractivity contribution in [3.8, 4) is 11.3 Å². The molecule has 4 nitrogen and oxygen atoms in total. The van der Waals surface area contributed by atoms with E-state index in [1.807, 2.05) is 6.07 Å². The lowest BCUT2D eigenvalue weighted by molar-refractivity contribution is 0.330. The SMILES string of the molecule is c1cc(-c2ccc3c(n2)NCC3C2CCNCC2)co1. The van der Waals surface area contributed by atoms with Gasteiger partial charge in [-0.15, -0.1) is 0 Å². The van der Waals surface area contributed by atoms with E-state index in [9.17, 15) is 0 Å². The molecule has 2 aromatic heterocycles. The summed E-state index contributed by atoms with van der Waals surface area (Å²) in [6.07, 6.45) is 5.98. The minimum Gasteiger partial charge on any atom is -0.472 e. The molecule has 0 bridgehead atoms. The minimum absolute atomic E-state index is 0.623. The molecule has 2 aliphatic heterocycles. The topological polar surface area (TPSA) is 50.1 Å². The van der Waals surface area contributed by atoms with Crippen LogP contribution in [-0.2, 0) is 0 Å². The Hall–Kier alpha value is -1.81. The first-order chi connectivity index (χ1) is 9.92. The van der Waals surface area contributed by atoms with Gasteiger partial charge in [0, 0.05) is 18.0 Å². The number of nitrogens with one attached hydrogen (secondary N) is 2. The number of pyridine rings is 1. The van der Waals surface area contributed by atoms with Gasteiger partial charge in [-0.25, -0.2) is 4.98 Å². The summed E-state index contributed by atoms with van der Waals surface area (Å²) in [5, 5.41) is 6.93. The Morgan fingerprint density at radius 2 is 2.05 bits per heavy atom. The molecule has 4 rings (SSSR count). The summed E-state index contributed by atoms with van der Waals surface area (Å²) in [6.45, 7) is 3.33. The zero-order valence-electron chi connectivity index (χ0n) is 11.4. The molecule has 0 saturated carbocycles. The number of furan rings is 1. The standard InChI is InChI=1S/C16H19N3O/c1-2-15(12-5-8-20-10-12)19-16-13(1)14(9-18-16)11-3-6-17-7-4-11/h1-2,5,8,10-11,14,17H,3-4,6-7,9H2,(H,18,19). The fourth-order valence-corrected chi connectivity index (χ4v) is 3.47. The van der Waals surface area contributed by atoms with E-state index in [0.29, 0.717) is 5.92 Å². The van der Waals surface area contributed by atoms with Crippen LogP contribution in [0, 0.1) is 5.92 Å². The third-order valence-electron chi connectivity index (χ3n) is 4.59. The fraction of sp³-hybridized carbons (Fsp3) is 0.438. The molecule has 2 aliphatic rings. The summed E-state index contributed by atoms with van der Waals surface area (Å²) in [6, 6.07) is 6.32. The van der Waals surface area contributed by atoms with Crippen LogP contribution < -0.4 is 10.6 Å². The van der Waals surface area contributed by atoms with Crippen LogP contribution in [0.25, 0.3) is 11.3 Å². The highest BCUT2D eigenvalue weighted by Gasteiger charge is 2.31. The van der Waals surface area contributed by atoms with Gasteiger partial charge in [0.05, 0.1) is 18.2 Å². The summed E-state index contributed by atoms with van der Waals surface area (Å²) in [7, 11) is 0. The molecule has 0 aliphatic carbocycles. The number of fused-ring (bicyclic) bond motifs is 1. The highest BCUT2D eigenvalue weighted by atomic mass is 16.3. The number of rotatable bonds is 2. The molecular weight excluding hydrogens is 250 g/mol. The van der Waals surface area contributed by atoms with E-state index in [4.69, 9.17) is 9.40 Å². The molecule has 2 aromatic rings. The van der Waals surface area contributed by atoms with Crippen molar-refractivity contribution in [3.05, 3.63) is 36.3 Å².